The molecule has 2 aliphatic heterocycles. The van der Waals surface area contributed by atoms with Crippen molar-refractivity contribution in [3.05, 3.63) is 64.9 Å². The largest absolute Gasteiger partial charge is 0.491 e. The predicted molar refractivity (Wildman–Crippen MR) is 125 cm³/mol. The zero-order valence-electron chi connectivity index (χ0n) is 19.4. The number of likely N-dealkylation sites (tertiary alicyclic amines) is 1. The Kier molecular flexibility index (Phi) is 5.82. The number of nitrogens with one attached hydrogen (secondary N) is 1. The van der Waals surface area contributed by atoms with Crippen LogP contribution in [0.3, 0.4) is 0 Å². The molecule has 0 saturated carbocycles. The lowest BCUT2D eigenvalue weighted by molar-refractivity contribution is 0.0815. The maximum Gasteiger partial charge on any atom is 0.410 e. The molecule has 178 valence electrons. The van der Waals surface area contributed by atoms with Gasteiger partial charge in [-0.3, -0.25) is 4.79 Å². The second kappa shape index (κ2) is 9.10. The van der Waals surface area contributed by atoms with Crippen molar-refractivity contribution in [1.29, 1.82) is 5.26 Å². The van der Waals surface area contributed by atoms with Crippen LogP contribution in [0.25, 0.3) is 11.0 Å². The van der Waals surface area contributed by atoms with Crippen LogP contribution >= 0.6 is 0 Å². The average Bonchev–Trinajstić information content (AvgIpc) is 3.56. The standard InChI is InChI=1S/C25H24N6O4/c1-15(2)35-23-7-16(9-26)3-4-18(23)14-34-25(33)31-12-19-10-30(11-20(19)13-31)24(32)17-5-6-21-22(8-17)28-29-27-21/h3-8,10,15,20H,11-14H2,1-2H3,(H,27,28,29)/t20-/m0/s1. The van der Waals surface area contributed by atoms with E-state index in [2.05, 4.69) is 21.5 Å². The molecule has 1 atom stereocenters. The number of carbonyl (C=O) groups is 2. The number of amides is 2. The number of hydrogen-bond acceptors (Lipinski definition) is 7. The Balaban J connectivity index is 1.20. The molecule has 0 radical (unpaired) electrons. The first-order chi connectivity index (χ1) is 16.9. The molecule has 2 amide bonds. The number of aromatic amines is 1. The minimum absolute atomic E-state index is 0.0436. The zero-order valence-corrected chi connectivity index (χ0v) is 19.4. The van der Waals surface area contributed by atoms with Crippen LogP contribution in [0, 0.1) is 17.2 Å². The molecule has 0 bridgehead atoms. The molecule has 10 heteroatoms. The van der Waals surface area contributed by atoms with E-state index in [1.165, 1.54) is 0 Å². The second-order valence-electron chi connectivity index (χ2n) is 8.92. The zero-order chi connectivity index (χ0) is 24.5. The first-order valence-electron chi connectivity index (χ1n) is 11.3. The predicted octanol–water partition coefficient (Wildman–Crippen LogP) is 3.23. The van der Waals surface area contributed by atoms with Gasteiger partial charge in [0.2, 0.25) is 0 Å². The molecule has 2 aliphatic rings. The van der Waals surface area contributed by atoms with Crippen molar-refractivity contribution in [2.24, 2.45) is 5.92 Å². The lowest BCUT2D eigenvalue weighted by Crippen LogP contribution is -2.33. The number of rotatable bonds is 5. The van der Waals surface area contributed by atoms with Crippen molar-refractivity contribution in [1.82, 2.24) is 25.2 Å². The molecular formula is C25H24N6O4. The van der Waals surface area contributed by atoms with E-state index >= 15 is 0 Å². The van der Waals surface area contributed by atoms with Crippen molar-refractivity contribution in [3.8, 4) is 11.8 Å². The Morgan fingerprint density at radius 3 is 2.77 bits per heavy atom. The summed E-state index contributed by atoms with van der Waals surface area (Å²) in [5.41, 5.74) is 4.10. The minimum atomic E-state index is -0.422. The highest BCUT2D eigenvalue weighted by atomic mass is 16.6. The highest BCUT2D eigenvalue weighted by Crippen LogP contribution is 2.31. The van der Waals surface area contributed by atoms with Crippen molar-refractivity contribution in [2.75, 3.05) is 19.6 Å². The van der Waals surface area contributed by atoms with Crippen LogP contribution in [0.5, 0.6) is 5.75 Å². The SMILES string of the molecule is CC(C)Oc1cc(C#N)ccc1COC(=O)N1CC2=CN(C(=O)c3ccc4n[nH]nc4c3)C[C@H]2C1. The van der Waals surface area contributed by atoms with Gasteiger partial charge in [-0.05, 0) is 49.8 Å². The van der Waals surface area contributed by atoms with Crippen molar-refractivity contribution in [2.45, 2.75) is 26.6 Å². The second-order valence-corrected chi connectivity index (χ2v) is 8.92. The Labute approximate surface area is 201 Å². The third-order valence-corrected chi connectivity index (χ3v) is 6.07. The van der Waals surface area contributed by atoms with Gasteiger partial charge in [0.15, 0.2) is 0 Å². The molecule has 0 unspecified atom stereocenters. The summed E-state index contributed by atoms with van der Waals surface area (Å²) in [5, 5.41) is 19.7. The van der Waals surface area contributed by atoms with Crippen LogP contribution in [-0.2, 0) is 11.3 Å². The van der Waals surface area contributed by atoms with Gasteiger partial charge >= 0.3 is 6.09 Å². The highest BCUT2D eigenvalue weighted by molar-refractivity contribution is 5.98. The van der Waals surface area contributed by atoms with Crippen molar-refractivity contribution >= 4 is 23.0 Å². The van der Waals surface area contributed by atoms with E-state index in [0.717, 1.165) is 5.57 Å². The van der Waals surface area contributed by atoms with Crippen LogP contribution < -0.4 is 4.74 Å². The summed E-state index contributed by atoms with van der Waals surface area (Å²) < 4.78 is 11.3. The Morgan fingerprint density at radius 2 is 2.00 bits per heavy atom. The van der Waals surface area contributed by atoms with E-state index in [4.69, 9.17) is 14.7 Å². The fraction of sp³-hybridized carbons (Fsp3) is 0.320. The highest BCUT2D eigenvalue weighted by Gasteiger charge is 2.38. The third-order valence-electron chi connectivity index (χ3n) is 6.07. The van der Waals surface area contributed by atoms with Crippen LogP contribution in [-0.4, -0.2) is 62.9 Å². The van der Waals surface area contributed by atoms with E-state index in [1.807, 2.05) is 20.0 Å². The van der Waals surface area contributed by atoms with Gasteiger partial charge in [-0.25, -0.2) is 4.79 Å². The quantitative estimate of drug-likeness (QED) is 0.604. The number of aromatic nitrogens is 3. The molecule has 1 fully saturated rings. The Morgan fingerprint density at radius 1 is 1.17 bits per heavy atom. The summed E-state index contributed by atoms with van der Waals surface area (Å²) in [5.74, 6) is 0.507. The van der Waals surface area contributed by atoms with E-state index in [9.17, 15) is 9.59 Å². The number of benzene rings is 2. The Bertz CT molecular complexity index is 1370. The fourth-order valence-electron chi connectivity index (χ4n) is 4.37. The lowest BCUT2D eigenvalue weighted by Gasteiger charge is -2.20. The van der Waals surface area contributed by atoms with Gasteiger partial charge in [-0.1, -0.05) is 6.07 Å². The smallest absolute Gasteiger partial charge is 0.410 e. The molecule has 1 saturated heterocycles. The lowest BCUT2D eigenvalue weighted by atomic mass is 10.1. The molecule has 3 heterocycles. The summed E-state index contributed by atoms with van der Waals surface area (Å²) >= 11 is 0. The third kappa shape index (κ3) is 4.53. The molecule has 1 aromatic heterocycles. The number of H-pyrrole nitrogens is 1. The van der Waals surface area contributed by atoms with Crippen LogP contribution in [0.2, 0.25) is 0 Å². The summed E-state index contributed by atoms with van der Waals surface area (Å²) in [4.78, 5) is 29.0. The van der Waals surface area contributed by atoms with E-state index in [0.29, 0.717) is 53.1 Å². The molecule has 2 aromatic carbocycles. The first-order valence-corrected chi connectivity index (χ1v) is 11.3. The molecule has 10 nitrogen and oxygen atoms in total. The van der Waals surface area contributed by atoms with Crippen molar-refractivity contribution < 1.29 is 19.1 Å². The number of hydrogen-bond donors (Lipinski definition) is 1. The van der Waals surface area contributed by atoms with Gasteiger partial charge in [0.1, 0.15) is 23.4 Å². The maximum atomic E-state index is 13.0. The topological polar surface area (TPSA) is 124 Å². The Hall–Kier alpha value is -4.39. The maximum absolute atomic E-state index is 13.0. The first kappa shape index (κ1) is 22.4. The number of ether oxygens (including phenoxy) is 2. The summed E-state index contributed by atoms with van der Waals surface area (Å²) in [6.07, 6.45) is 1.34. The van der Waals surface area contributed by atoms with Gasteiger partial charge in [-0.15, -0.1) is 0 Å². The molecule has 0 spiro atoms. The monoisotopic (exact) mass is 472 g/mol. The van der Waals surface area contributed by atoms with Crippen LogP contribution in [0.4, 0.5) is 4.79 Å². The number of fused-ring (bicyclic) bond motifs is 2. The number of nitrogens with zero attached hydrogens (tertiary/aromatic N) is 5. The van der Waals surface area contributed by atoms with Crippen molar-refractivity contribution in [3.63, 3.8) is 0 Å². The van der Waals surface area contributed by atoms with Gasteiger partial charge in [-0.2, -0.15) is 20.7 Å². The van der Waals surface area contributed by atoms with Crippen LogP contribution in [0.15, 0.2) is 48.2 Å². The molecule has 5 rings (SSSR count). The van der Waals surface area contributed by atoms with Gasteiger partial charge in [0, 0.05) is 42.9 Å². The molecule has 1 N–H and O–H groups in total. The number of carbonyl (C=O) groups excluding carboxylic acids is 2. The summed E-state index contributed by atoms with van der Waals surface area (Å²) in [6.45, 7) is 5.25. The molecule has 0 aliphatic carbocycles. The molecular weight excluding hydrogens is 448 g/mol. The molecule has 3 aromatic rings. The van der Waals surface area contributed by atoms with Gasteiger partial charge < -0.3 is 19.3 Å². The normalized spacial score (nSPS) is 16.9. The van der Waals surface area contributed by atoms with E-state index in [-0.39, 0.29) is 24.5 Å². The summed E-state index contributed by atoms with van der Waals surface area (Å²) in [6, 6.07) is 12.4. The number of nitriles is 1. The average molecular weight is 473 g/mol. The van der Waals surface area contributed by atoms with E-state index in [1.54, 1.807) is 46.2 Å². The fourth-order valence-corrected chi connectivity index (χ4v) is 4.37. The summed E-state index contributed by atoms with van der Waals surface area (Å²) in [7, 11) is 0. The van der Waals surface area contributed by atoms with E-state index < -0.39 is 6.09 Å². The van der Waals surface area contributed by atoms with Crippen LogP contribution in [0.1, 0.15) is 35.3 Å². The van der Waals surface area contributed by atoms with Gasteiger partial charge in [0.25, 0.3) is 5.91 Å². The molecule has 35 heavy (non-hydrogen) atoms. The van der Waals surface area contributed by atoms with Gasteiger partial charge in [0.05, 0.1) is 17.7 Å². The minimum Gasteiger partial charge on any atom is -0.491 e.